The van der Waals surface area contributed by atoms with Crippen molar-refractivity contribution in [1.82, 2.24) is 0 Å². The van der Waals surface area contributed by atoms with E-state index in [2.05, 4.69) is 34.6 Å². The van der Waals surface area contributed by atoms with E-state index in [9.17, 15) is 4.79 Å². The van der Waals surface area contributed by atoms with Gasteiger partial charge in [-0.2, -0.15) is 0 Å². The molecule has 2 saturated heterocycles. The topological polar surface area (TPSA) is 63.2 Å². The molecule has 0 spiro atoms. The molecule has 4 saturated carbocycles. The first kappa shape index (κ1) is 33.8. The minimum atomic E-state index is -0.655. The highest BCUT2D eigenvalue weighted by Crippen LogP contribution is 2.68. The number of carbonyl (C=O) groups is 1. The van der Waals surface area contributed by atoms with Crippen LogP contribution in [-0.4, -0.2) is 43.0 Å². The van der Waals surface area contributed by atoms with E-state index in [-0.39, 0.29) is 12.2 Å². The third-order valence-corrected chi connectivity index (χ3v) is 14.6. The number of hydrogen-bond donors (Lipinski definition) is 0. The molecule has 0 bridgehead atoms. The molecule has 14 atom stereocenters. The molecule has 6 aliphatic rings. The average molecular weight is 651 g/mol. The zero-order valence-corrected chi connectivity index (χ0v) is 30.0. The smallest absolute Gasteiger partial charge is 0.424 e. The number of ether oxygens (including phenoxy) is 5. The Bertz CT molecular complexity index is 1220. The van der Waals surface area contributed by atoms with Crippen molar-refractivity contribution in [2.24, 2.45) is 52.3 Å². The number of benzene rings is 1. The van der Waals surface area contributed by atoms with Gasteiger partial charge in [-0.05, 0) is 123 Å². The van der Waals surface area contributed by atoms with Crippen LogP contribution in [0, 0.1) is 52.3 Å². The minimum absolute atomic E-state index is 0.111. The number of carbonyl (C=O) groups excluding carboxylic acids is 1. The van der Waals surface area contributed by atoms with E-state index in [0.717, 1.165) is 53.9 Å². The first-order valence-electron chi connectivity index (χ1n) is 19.4. The first-order chi connectivity index (χ1) is 22.6. The van der Waals surface area contributed by atoms with Gasteiger partial charge in [0.1, 0.15) is 6.10 Å². The van der Waals surface area contributed by atoms with Gasteiger partial charge in [0.15, 0.2) is 18.5 Å². The fourth-order valence-corrected chi connectivity index (χ4v) is 12.1. The summed E-state index contributed by atoms with van der Waals surface area (Å²) in [5.74, 6) is 5.93. The number of hydrogen-bond acceptors (Lipinski definition) is 6. The van der Waals surface area contributed by atoms with Crippen LogP contribution in [0.3, 0.4) is 0 Å². The van der Waals surface area contributed by atoms with Gasteiger partial charge >= 0.3 is 6.16 Å². The van der Waals surface area contributed by atoms with Gasteiger partial charge < -0.3 is 23.7 Å². The second-order valence-corrected chi connectivity index (χ2v) is 17.6. The highest BCUT2D eigenvalue weighted by molar-refractivity contribution is 5.63. The summed E-state index contributed by atoms with van der Waals surface area (Å²) in [6.07, 6.45) is 13.0. The van der Waals surface area contributed by atoms with Crippen molar-refractivity contribution < 1.29 is 28.5 Å². The Labute approximate surface area is 284 Å². The van der Waals surface area contributed by atoms with Gasteiger partial charge in [0, 0.05) is 0 Å². The summed E-state index contributed by atoms with van der Waals surface area (Å²) in [6.45, 7) is 15.1. The molecule has 1 aromatic carbocycles. The van der Waals surface area contributed by atoms with E-state index >= 15 is 0 Å². The molecule has 0 radical (unpaired) electrons. The van der Waals surface area contributed by atoms with Crippen LogP contribution in [0.15, 0.2) is 30.3 Å². The summed E-state index contributed by atoms with van der Waals surface area (Å²) < 4.78 is 30.8. The molecule has 1 aromatic rings. The van der Waals surface area contributed by atoms with Gasteiger partial charge in [-0.15, -0.1) is 0 Å². The van der Waals surface area contributed by atoms with E-state index in [0.29, 0.717) is 23.4 Å². The molecule has 7 rings (SSSR count). The molecular formula is C41H62O6. The predicted octanol–water partition coefficient (Wildman–Crippen LogP) is 9.73. The van der Waals surface area contributed by atoms with Gasteiger partial charge in [-0.25, -0.2) is 4.79 Å². The average Bonchev–Trinajstić information content (AvgIpc) is 3.61. The van der Waals surface area contributed by atoms with Crippen LogP contribution in [0.5, 0.6) is 0 Å². The Kier molecular flexibility index (Phi) is 9.79. The summed E-state index contributed by atoms with van der Waals surface area (Å²) >= 11 is 0. The molecule has 6 nitrogen and oxygen atoms in total. The fraction of sp³-hybridized carbons (Fsp3) is 0.829. The van der Waals surface area contributed by atoms with E-state index in [1.54, 1.807) is 0 Å². The molecule has 262 valence electrons. The maximum absolute atomic E-state index is 12.4. The van der Waals surface area contributed by atoms with E-state index < -0.39 is 30.8 Å². The van der Waals surface area contributed by atoms with E-state index in [1.807, 2.05) is 37.3 Å². The lowest BCUT2D eigenvalue weighted by Crippen LogP contribution is -2.58. The zero-order chi connectivity index (χ0) is 32.9. The molecule has 6 heteroatoms. The summed E-state index contributed by atoms with van der Waals surface area (Å²) in [6, 6.07) is 10.1. The Balaban J connectivity index is 0.965. The van der Waals surface area contributed by atoms with Crippen LogP contribution in [-0.2, 0) is 30.3 Å². The first-order valence-corrected chi connectivity index (χ1v) is 19.4. The molecule has 2 heterocycles. The molecule has 0 unspecified atom stereocenters. The lowest BCUT2D eigenvalue weighted by Gasteiger charge is -2.61. The maximum Gasteiger partial charge on any atom is 0.509 e. The quantitative estimate of drug-likeness (QED) is 0.186. The molecule has 2 aliphatic heterocycles. The van der Waals surface area contributed by atoms with Gasteiger partial charge in [0.05, 0.1) is 18.8 Å². The molecule has 47 heavy (non-hydrogen) atoms. The normalized spacial score (nSPS) is 44.9. The standard InChI is InChI=1S/C41H62O6/c1-25(2)11-10-12-26(3)32-17-18-33-31-16-15-29-23-30(19-21-40(29,5)34(31)20-22-41(32,33)6)45-38-37-36(46-39(42)47-37)35(27(4)44-38)43-24-28-13-8-7-9-14-28/h7-9,13-14,25-27,29-38H,10-12,15-24H2,1-6H3/t26-,27+,29+,30+,31+,32-,33+,34+,35+,36-,37-,38+,40+,41-/m1/s1. The fourth-order valence-electron chi connectivity index (χ4n) is 12.1. The maximum atomic E-state index is 12.4. The second kappa shape index (κ2) is 13.6. The number of rotatable bonds is 10. The lowest BCUT2D eigenvalue weighted by molar-refractivity contribution is -0.296. The predicted molar refractivity (Wildman–Crippen MR) is 182 cm³/mol. The molecule has 0 N–H and O–H groups in total. The van der Waals surface area contributed by atoms with Crippen molar-refractivity contribution in [3.05, 3.63) is 35.9 Å². The Morgan fingerprint density at radius 3 is 2.40 bits per heavy atom. The Hall–Kier alpha value is -1.63. The van der Waals surface area contributed by atoms with E-state index in [1.165, 1.54) is 64.2 Å². The van der Waals surface area contributed by atoms with Crippen LogP contribution in [0.25, 0.3) is 0 Å². The van der Waals surface area contributed by atoms with E-state index in [4.69, 9.17) is 23.7 Å². The third kappa shape index (κ3) is 6.42. The van der Waals surface area contributed by atoms with Crippen molar-refractivity contribution in [3.63, 3.8) is 0 Å². The molecule has 6 fully saturated rings. The van der Waals surface area contributed by atoms with Crippen LogP contribution in [0.1, 0.15) is 124 Å². The second-order valence-electron chi connectivity index (χ2n) is 17.6. The van der Waals surface area contributed by atoms with Crippen molar-refractivity contribution in [2.45, 2.75) is 162 Å². The molecule has 0 aromatic heterocycles. The highest BCUT2D eigenvalue weighted by atomic mass is 16.8. The van der Waals surface area contributed by atoms with Crippen LogP contribution >= 0.6 is 0 Å². The number of fused-ring (bicyclic) bond motifs is 6. The minimum Gasteiger partial charge on any atom is -0.424 e. The summed E-state index contributed by atoms with van der Waals surface area (Å²) in [5, 5.41) is 0. The van der Waals surface area contributed by atoms with Crippen LogP contribution in [0.4, 0.5) is 4.79 Å². The van der Waals surface area contributed by atoms with Crippen molar-refractivity contribution >= 4 is 6.16 Å². The van der Waals surface area contributed by atoms with Gasteiger partial charge in [0.25, 0.3) is 0 Å². The van der Waals surface area contributed by atoms with Crippen molar-refractivity contribution in [1.29, 1.82) is 0 Å². The molecular weight excluding hydrogens is 588 g/mol. The summed E-state index contributed by atoms with van der Waals surface area (Å²) in [5.41, 5.74) is 2.01. The van der Waals surface area contributed by atoms with Gasteiger partial charge in [0.2, 0.25) is 0 Å². The Morgan fingerprint density at radius 1 is 0.872 bits per heavy atom. The van der Waals surface area contributed by atoms with Gasteiger partial charge in [-0.1, -0.05) is 84.2 Å². The zero-order valence-electron chi connectivity index (χ0n) is 30.0. The Morgan fingerprint density at radius 2 is 1.62 bits per heavy atom. The lowest BCUT2D eigenvalue weighted by atomic mass is 9.44. The monoisotopic (exact) mass is 650 g/mol. The van der Waals surface area contributed by atoms with Crippen LogP contribution < -0.4 is 0 Å². The molecule has 4 aliphatic carbocycles. The summed E-state index contributed by atoms with van der Waals surface area (Å²) in [4.78, 5) is 12.4. The molecule has 0 amide bonds. The van der Waals surface area contributed by atoms with Crippen LogP contribution in [0.2, 0.25) is 0 Å². The highest BCUT2D eigenvalue weighted by Gasteiger charge is 2.61. The largest absolute Gasteiger partial charge is 0.509 e. The van der Waals surface area contributed by atoms with Crippen molar-refractivity contribution in [3.8, 4) is 0 Å². The third-order valence-electron chi connectivity index (χ3n) is 14.6. The SMILES string of the molecule is CC(C)CCC[C@@H](C)[C@H]1CC[C@H]2[C@@H]3CC[C@H]4C[C@@H](O[C@@H]5O[C@@H](C)[C@H](OCc6ccccc6)[C@H]6OC(=O)O[C@@H]56)CC[C@]4(C)[C@H]3CC[C@]12C. The van der Waals surface area contributed by atoms with Gasteiger partial charge in [-0.3, -0.25) is 0 Å². The van der Waals surface area contributed by atoms with Crippen molar-refractivity contribution in [2.75, 3.05) is 0 Å². The summed E-state index contributed by atoms with van der Waals surface area (Å²) in [7, 11) is 0.